The van der Waals surface area contributed by atoms with E-state index >= 15 is 0 Å². The number of nitrogens with one attached hydrogen (secondary N) is 1. The Balaban J connectivity index is 2.10. The number of aromatic nitrogens is 1. The molecule has 1 rings (SSSR count). The van der Waals surface area contributed by atoms with E-state index in [-0.39, 0.29) is 5.91 Å². The zero-order valence-electron chi connectivity index (χ0n) is 13.2. The van der Waals surface area contributed by atoms with Crippen LogP contribution in [0.5, 0.6) is 0 Å². The van der Waals surface area contributed by atoms with Crippen LogP contribution in [0.3, 0.4) is 0 Å². The molecule has 1 aromatic heterocycles. The van der Waals surface area contributed by atoms with Crippen LogP contribution < -0.4 is 5.32 Å². The molecule has 0 saturated heterocycles. The average molecular weight is 332 g/mol. The Labute approximate surface area is 136 Å². The number of carbonyl (C=O) groups is 1. The molecule has 0 aliphatic rings. The lowest BCUT2D eigenvalue weighted by atomic mass is 10.2. The minimum Gasteiger partial charge on any atom is -0.355 e. The molecule has 0 spiro atoms. The summed E-state index contributed by atoms with van der Waals surface area (Å²) >= 11 is 7.42. The van der Waals surface area contributed by atoms with Crippen molar-refractivity contribution in [3.8, 4) is 0 Å². The molecule has 6 heteroatoms. The number of unbranched alkanes of at least 4 members (excludes halogenated alkanes) is 1. The van der Waals surface area contributed by atoms with E-state index in [2.05, 4.69) is 29.0 Å². The van der Waals surface area contributed by atoms with Crippen molar-refractivity contribution in [1.82, 2.24) is 15.2 Å². The summed E-state index contributed by atoms with van der Waals surface area (Å²) in [6.07, 6.45) is 3.16. The summed E-state index contributed by atoms with van der Waals surface area (Å²) in [6.45, 7) is 6.35. The third-order valence-electron chi connectivity index (χ3n) is 3.04. The molecular formula is C15H26ClN3OS. The number of likely N-dealkylation sites (N-methyl/N-ethyl adjacent to an activating group) is 1. The van der Waals surface area contributed by atoms with Crippen molar-refractivity contribution in [2.45, 2.75) is 39.0 Å². The maximum atomic E-state index is 11.7. The van der Waals surface area contributed by atoms with Gasteiger partial charge in [-0.1, -0.05) is 13.8 Å². The molecule has 1 aromatic rings. The molecule has 0 fully saturated rings. The minimum absolute atomic E-state index is 0.109. The Morgan fingerprint density at radius 3 is 2.86 bits per heavy atom. The number of amides is 1. The molecular weight excluding hydrogens is 306 g/mol. The van der Waals surface area contributed by atoms with Gasteiger partial charge in [0.25, 0.3) is 0 Å². The molecule has 0 radical (unpaired) electrons. The van der Waals surface area contributed by atoms with Crippen LogP contribution in [-0.4, -0.2) is 42.5 Å². The number of carbonyl (C=O) groups excluding carboxylic acids is 1. The zero-order valence-corrected chi connectivity index (χ0v) is 14.8. The van der Waals surface area contributed by atoms with Crippen molar-refractivity contribution in [3.63, 3.8) is 0 Å². The first-order chi connectivity index (χ1) is 10.0. The summed E-state index contributed by atoms with van der Waals surface area (Å²) < 4.78 is 0. The van der Waals surface area contributed by atoms with Gasteiger partial charge in [-0.2, -0.15) is 0 Å². The summed E-state index contributed by atoms with van der Waals surface area (Å²) in [7, 11) is 1.99. The van der Waals surface area contributed by atoms with Crippen LogP contribution in [0, 0.1) is 5.92 Å². The van der Waals surface area contributed by atoms with Crippen LogP contribution in [0.1, 0.15) is 37.4 Å². The van der Waals surface area contributed by atoms with Crippen LogP contribution in [0.2, 0.25) is 0 Å². The number of aryl methyl sites for hydroxylation is 1. The van der Waals surface area contributed by atoms with Gasteiger partial charge in [-0.05, 0) is 38.8 Å². The Kier molecular flexibility index (Phi) is 8.88. The van der Waals surface area contributed by atoms with Gasteiger partial charge in [-0.3, -0.25) is 9.69 Å². The van der Waals surface area contributed by atoms with Crippen LogP contribution in [-0.2, 0) is 17.1 Å². The Bertz CT molecular complexity index is 423. The van der Waals surface area contributed by atoms with Crippen molar-refractivity contribution in [1.29, 1.82) is 0 Å². The Hall–Kier alpha value is -0.650. The molecule has 0 saturated carbocycles. The number of nitrogens with zero attached hydrogens (tertiary/aromatic N) is 2. The third-order valence-corrected chi connectivity index (χ3v) is 4.27. The summed E-state index contributed by atoms with van der Waals surface area (Å²) in [6, 6.07) is 0. The maximum Gasteiger partial charge on any atom is 0.234 e. The van der Waals surface area contributed by atoms with E-state index in [1.807, 2.05) is 12.4 Å². The fraction of sp³-hybridized carbons (Fsp3) is 0.733. The predicted octanol–water partition coefficient (Wildman–Crippen LogP) is 2.91. The predicted molar refractivity (Wildman–Crippen MR) is 90.0 cm³/mol. The highest BCUT2D eigenvalue weighted by molar-refractivity contribution is 7.09. The van der Waals surface area contributed by atoms with E-state index in [0.29, 0.717) is 18.3 Å². The van der Waals surface area contributed by atoms with Crippen LogP contribution in [0.4, 0.5) is 0 Å². The van der Waals surface area contributed by atoms with Gasteiger partial charge in [0.1, 0.15) is 0 Å². The highest BCUT2D eigenvalue weighted by Crippen LogP contribution is 2.14. The number of halogens is 1. The summed E-state index contributed by atoms with van der Waals surface area (Å²) in [5.41, 5.74) is 0.968. The molecule has 120 valence electrons. The van der Waals surface area contributed by atoms with E-state index in [0.717, 1.165) is 43.1 Å². The fourth-order valence-corrected chi connectivity index (χ4v) is 2.95. The van der Waals surface area contributed by atoms with Crippen molar-refractivity contribution < 1.29 is 4.79 Å². The smallest absolute Gasteiger partial charge is 0.234 e. The molecule has 1 heterocycles. The fourth-order valence-electron chi connectivity index (χ4n) is 1.88. The molecule has 0 atom stereocenters. The SMILES string of the molecule is CC(C)CNC(=O)CN(C)CCCCc1nc(CCl)cs1. The standard InChI is InChI=1S/C15H26ClN3OS/c1-12(2)9-17-14(20)10-19(3)7-5-4-6-15-18-13(8-16)11-21-15/h11-12H,4-10H2,1-3H3,(H,17,20). The lowest BCUT2D eigenvalue weighted by Gasteiger charge is -2.16. The van der Waals surface area contributed by atoms with Gasteiger partial charge >= 0.3 is 0 Å². The number of alkyl halides is 1. The Morgan fingerprint density at radius 1 is 1.48 bits per heavy atom. The molecule has 21 heavy (non-hydrogen) atoms. The topological polar surface area (TPSA) is 45.2 Å². The molecule has 1 N–H and O–H groups in total. The minimum atomic E-state index is 0.109. The molecule has 4 nitrogen and oxygen atoms in total. The van der Waals surface area contributed by atoms with Crippen LogP contribution in [0.15, 0.2) is 5.38 Å². The Morgan fingerprint density at radius 2 is 2.24 bits per heavy atom. The first-order valence-electron chi connectivity index (χ1n) is 7.45. The van der Waals surface area contributed by atoms with Gasteiger partial charge in [-0.25, -0.2) is 4.98 Å². The quantitative estimate of drug-likeness (QED) is 0.529. The van der Waals surface area contributed by atoms with Gasteiger partial charge in [-0.15, -0.1) is 22.9 Å². The number of rotatable bonds is 10. The zero-order chi connectivity index (χ0) is 15.7. The second kappa shape index (κ2) is 10.1. The first kappa shape index (κ1) is 18.4. The second-order valence-electron chi connectivity index (χ2n) is 5.76. The normalized spacial score (nSPS) is 11.3. The lowest BCUT2D eigenvalue weighted by Crippen LogP contribution is -2.37. The summed E-state index contributed by atoms with van der Waals surface area (Å²) in [5, 5.41) is 6.11. The highest BCUT2D eigenvalue weighted by atomic mass is 35.5. The van der Waals surface area contributed by atoms with Gasteiger partial charge in [0.05, 0.1) is 23.1 Å². The monoisotopic (exact) mass is 331 g/mol. The average Bonchev–Trinajstić information content (AvgIpc) is 2.89. The number of thiazole rings is 1. The van der Waals surface area contributed by atoms with E-state index in [1.165, 1.54) is 0 Å². The van der Waals surface area contributed by atoms with Crippen molar-refractivity contribution >= 4 is 28.8 Å². The molecule has 1 amide bonds. The largest absolute Gasteiger partial charge is 0.355 e. The lowest BCUT2D eigenvalue weighted by molar-refractivity contribution is -0.122. The molecule has 0 bridgehead atoms. The van der Waals surface area contributed by atoms with Gasteiger partial charge < -0.3 is 5.32 Å². The number of hydrogen-bond donors (Lipinski definition) is 1. The van der Waals surface area contributed by atoms with Gasteiger partial charge in [0.15, 0.2) is 0 Å². The molecule has 0 unspecified atom stereocenters. The van der Waals surface area contributed by atoms with Crippen molar-refractivity contribution in [2.24, 2.45) is 5.92 Å². The summed E-state index contributed by atoms with van der Waals surface area (Å²) in [5.74, 6) is 1.10. The van der Waals surface area contributed by atoms with Crippen molar-refractivity contribution in [3.05, 3.63) is 16.1 Å². The van der Waals surface area contributed by atoms with E-state index in [1.54, 1.807) is 11.3 Å². The van der Waals surface area contributed by atoms with E-state index < -0.39 is 0 Å². The van der Waals surface area contributed by atoms with Crippen LogP contribution >= 0.6 is 22.9 Å². The van der Waals surface area contributed by atoms with E-state index in [9.17, 15) is 4.79 Å². The van der Waals surface area contributed by atoms with E-state index in [4.69, 9.17) is 11.6 Å². The number of hydrogen-bond acceptors (Lipinski definition) is 4. The first-order valence-corrected chi connectivity index (χ1v) is 8.87. The third kappa shape index (κ3) is 8.39. The van der Waals surface area contributed by atoms with Crippen molar-refractivity contribution in [2.75, 3.05) is 26.7 Å². The van der Waals surface area contributed by atoms with Gasteiger partial charge in [0.2, 0.25) is 5.91 Å². The van der Waals surface area contributed by atoms with Gasteiger partial charge in [0, 0.05) is 11.9 Å². The highest BCUT2D eigenvalue weighted by Gasteiger charge is 2.07. The molecule has 0 aromatic carbocycles. The maximum absolute atomic E-state index is 11.7. The second-order valence-corrected chi connectivity index (χ2v) is 6.97. The molecule has 0 aliphatic carbocycles. The molecule has 0 aliphatic heterocycles. The van der Waals surface area contributed by atoms with Crippen LogP contribution in [0.25, 0.3) is 0 Å². The summed E-state index contributed by atoms with van der Waals surface area (Å²) in [4.78, 5) is 18.2.